The zero-order chi connectivity index (χ0) is 29.0. The SMILES string of the molecule is C[C@H]1C[C@@H](N(C(=O)c2sc3ccccc3c2Cl)c2ccccc2)c2ccccc2N1C(=O)c1sc2ccccc2c1Cl. The van der Waals surface area contributed by atoms with Gasteiger partial charge < -0.3 is 4.90 Å². The lowest BCUT2D eigenvalue weighted by atomic mass is 9.89. The first-order chi connectivity index (χ1) is 20.4. The third kappa shape index (κ3) is 4.41. The van der Waals surface area contributed by atoms with Crippen LogP contribution in [0.2, 0.25) is 10.0 Å². The van der Waals surface area contributed by atoms with Crippen molar-refractivity contribution in [3.05, 3.63) is 128 Å². The topological polar surface area (TPSA) is 40.6 Å². The number of carbonyl (C=O) groups excluding carboxylic acids is 2. The number of rotatable bonds is 4. The standard InChI is InChI=1S/C34H24Cl2N2O2S2/c1-20-19-26(38(21-11-3-2-4-12-21)34(40)32-30(36)24-15-7-10-18-28(24)42-32)22-13-5-8-16-25(22)37(20)33(39)31-29(35)23-14-6-9-17-27(23)41-31/h2-18,20,26H,19H2,1H3/t20-,26+/m0/s1. The molecule has 0 N–H and O–H groups in total. The Hall–Kier alpha value is -3.68. The molecule has 4 nitrogen and oxygen atoms in total. The van der Waals surface area contributed by atoms with Gasteiger partial charge in [-0.15, -0.1) is 22.7 Å². The van der Waals surface area contributed by atoms with Gasteiger partial charge in [-0.2, -0.15) is 0 Å². The summed E-state index contributed by atoms with van der Waals surface area (Å²) in [6.45, 7) is 2.03. The third-order valence-electron chi connectivity index (χ3n) is 7.80. The van der Waals surface area contributed by atoms with Gasteiger partial charge >= 0.3 is 0 Å². The molecule has 0 saturated carbocycles. The van der Waals surface area contributed by atoms with E-state index in [1.807, 2.05) is 120 Å². The van der Waals surface area contributed by atoms with E-state index in [0.29, 0.717) is 26.2 Å². The second-order valence-corrected chi connectivity index (χ2v) is 13.2. The largest absolute Gasteiger partial charge is 0.304 e. The molecule has 1 aliphatic rings. The molecule has 3 heterocycles. The fourth-order valence-electron chi connectivity index (χ4n) is 5.88. The molecule has 2 atom stereocenters. The van der Waals surface area contributed by atoms with E-state index in [9.17, 15) is 9.59 Å². The van der Waals surface area contributed by atoms with Gasteiger partial charge in [-0.3, -0.25) is 14.5 Å². The van der Waals surface area contributed by atoms with E-state index in [2.05, 4.69) is 0 Å². The van der Waals surface area contributed by atoms with Gasteiger partial charge in [0.25, 0.3) is 11.8 Å². The Balaban J connectivity index is 1.34. The van der Waals surface area contributed by atoms with Crippen LogP contribution in [0, 0.1) is 0 Å². The fourth-order valence-corrected chi connectivity index (χ4v) is 8.78. The van der Waals surface area contributed by atoms with E-state index in [-0.39, 0.29) is 23.9 Å². The van der Waals surface area contributed by atoms with E-state index >= 15 is 0 Å². The second kappa shape index (κ2) is 10.9. The molecular formula is C34H24Cl2N2O2S2. The molecular weight excluding hydrogens is 603 g/mol. The molecule has 7 rings (SSSR count). The number of fused-ring (bicyclic) bond motifs is 3. The van der Waals surface area contributed by atoms with Crippen LogP contribution in [0.5, 0.6) is 0 Å². The monoisotopic (exact) mass is 626 g/mol. The molecule has 42 heavy (non-hydrogen) atoms. The normalized spacial score (nSPS) is 16.5. The molecule has 8 heteroatoms. The summed E-state index contributed by atoms with van der Waals surface area (Å²) < 4.78 is 1.94. The van der Waals surface area contributed by atoms with Crippen molar-refractivity contribution >= 4 is 89.2 Å². The molecule has 0 fully saturated rings. The molecule has 4 aromatic carbocycles. The third-order valence-corrected chi connectivity index (χ3v) is 11.1. The van der Waals surface area contributed by atoms with Crippen LogP contribution in [-0.4, -0.2) is 17.9 Å². The Morgan fingerprint density at radius 2 is 1.29 bits per heavy atom. The van der Waals surface area contributed by atoms with Crippen molar-refractivity contribution in [3.8, 4) is 0 Å². The van der Waals surface area contributed by atoms with Crippen molar-refractivity contribution in [3.63, 3.8) is 0 Å². The number of carbonyl (C=O) groups is 2. The van der Waals surface area contributed by atoms with Gasteiger partial charge in [0.2, 0.25) is 0 Å². The van der Waals surface area contributed by atoms with Gasteiger partial charge in [0.15, 0.2) is 0 Å². The summed E-state index contributed by atoms with van der Waals surface area (Å²) in [4.78, 5) is 33.4. The summed E-state index contributed by atoms with van der Waals surface area (Å²) in [5.41, 5.74) is 2.45. The van der Waals surface area contributed by atoms with E-state index in [1.54, 1.807) is 0 Å². The van der Waals surface area contributed by atoms with Gasteiger partial charge in [0.1, 0.15) is 9.75 Å². The molecule has 0 unspecified atom stereocenters. The predicted octanol–water partition coefficient (Wildman–Crippen LogP) is 10.2. The average molecular weight is 628 g/mol. The number of benzene rings is 4. The number of hydrogen-bond donors (Lipinski definition) is 0. The highest BCUT2D eigenvalue weighted by atomic mass is 35.5. The summed E-state index contributed by atoms with van der Waals surface area (Å²) in [6, 6.07) is 32.6. The van der Waals surface area contributed by atoms with Crippen molar-refractivity contribution < 1.29 is 9.59 Å². The van der Waals surface area contributed by atoms with E-state index < -0.39 is 0 Å². The van der Waals surface area contributed by atoms with Crippen LogP contribution < -0.4 is 9.80 Å². The van der Waals surface area contributed by atoms with Crippen LogP contribution in [0.25, 0.3) is 20.2 Å². The Morgan fingerprint density at radius 1 is 0.738 bits per heavy atom. The molecule has 0 spiro atoms. The Bertz CT molecular complexity index is 1980. The van der Waals surface area contributed by atoms with Crippen LogP contribution in [0.3, 0.4) is 0 Å². The Morgan fingerprint density at radius 3 is 1.95 bits per heavy atom. The molecule has 0 aliphatic carbocycles. The van der Waals surface area contributed by atoms with Crippen molar-refractivity contribution in [2.45, 2.75) is 25.4 Å². The van der Waals surface area contributed by atoms with Crippen LogP contribution >= 0.6 is 45.9 Å². The number of halogens is 2. The first kappa shape index (κ1) is 27.2. The number of anilines is 2. The molecule has 2 amide bonds. The quantitative estimate of drug-likeness (QED) is 0.195. The van der Waals surface area contributed by atoms with Gasteiger partial charge in [-0.25, -0.2) is 0 Å². The number of hydrogen-bond acceptors (Lipinski definition) is 4. The van der Waals surface area contributed by atoms with E-state index in [1.165, 1.54) is 22.7 Å². The lowest BCUT2D eigenvalue weighted by molar-refractivity contribution is 0.0970. The van der Waals surface area contributed by atoms with Crippen LogP contribution in [-0.2, 0) is 0 Å². The zero-order valence-electron chi connectivity index (χ0n) is 22.5. The molecule has 0 saturated heterocycles. The van der Waals surface area contributed by atoms with Crippen LogP contribution in [0.15, 0.2) is 103 Å². The molecule has 1 aliphatic heterocycles. The van der Waals surface area contributed by atoms with Crippen molar-refractivity contribution in [2.75, 3.05) is 9.80 Å². The van der Waals surface area contributed by atoms with Crippen LogP contribution in [0.1, 0.15) is 44.3 Å². The summed E-state index contributed by atoms with van der Waals surface area (Å²) in [5, 5.41) is 2.70. The number of amides is 2. The Labute approximate surface area is 261 Å². The molecule has 0 radical (unpaired) electrons. The number of thiophene rings is 2. The van der Waals surface area contributed by atoms with Gasteiger partial charge in [-0.1, -0.05) is 96.0 Å². The highest BCUT2D eigenvalue weighted by molar-refractivity contribution is 7.22. The van der Waals surface area contributed by atoms with Crippen molar-refractivity contribution in [1.29, 1.82) is 0 Å². The molecule has 0 bridgehead atoms. The van der Waals surface area contributed by atoms with Crippen molar-refractivity contribution in [1.82, 2.24) is 0 Å². The summed E-state index contributed by atoms with van der Waals surface area (Å²) in [5.74, 6) is -0.295. The minimum Gasteiger partial charge on any atom is -0.304 e. The maximum Gasteiger partial charge on any atom is 0.270 e. The average Bonchev–Trinajstić information content (AvgIpc) is 3.54. The summed E-state index contributed by atoms with van der Waals surface area (Å²) in [7, 11) is 0. The lowest BCUT2D eigenvalue weighted by Gasteiger charge is -2.43. The molecule has 6 aromatic rings. The molecule has 208 valence electrons. The number of nitrogens with zero attached hydrogens (tertiary/aromatic N) is 2. The highest BCUT2D eigenvalue weighted by Crippen LogP contribution is 2.46. The van der Waals surface area contributed by atoms with Crippen LogP contribution in [0.4, 0.5) is 11.4 Å². The molecule has 2 aromatic heterocycles. The fraction of sp³-hybridized carbons (Fsp3) is 0.118. The summed E-state index contributed by atoms with van der Waals surface area (Å²) in [6.07, 6.45) is 0.536. The predicted molar refractivity (Wildman–Crippen MR) is 177 cm³/mol. The van der Waals surface area contributed by atoms with Crippen molar-refractivity contribution in [2.24, 2.45) is 0 Å². The number of para-hydroxylation sites is 2. The smallest absolute Gasteiger partial charge is 0.270 e. The van der Waals surface area contributed by atoms with Gasteiger partial charge in [-0.05, 0) is 49.2 Å². The minimum atomic E-state index is -0.325. The highest BCUT2D eigenvalue weighted by Gasteiger charge is 2.40. The Kier molecular flexibility index (Phi) is 7.03. The van der Waals surface area contributed by atoms with E-state index in [4.69, 9.17) is 23.2 Å². The minimum absolute atomic E-state index is 0.135. The van der Waals surface area contributed by atoms with Gasteiger partial charge in [0.05, 0.1) is 16.1 Å². The maximum atomic E-state index is 14.5. The summed E-state index contributed by atoms with van der Waals surface area (Å²) >= 11 is 16.4. The van der Waals surface area contributed by atoms with Gasteiger partial charge in [0, 0.05) is 37.6 Å². The second-order valence-electron chi connectivity index (χ2n) is 10.3. The van der Waals surface area contributed by atoms with E-state index in [0.717, 1.165) is 37.1 Å². The maximum absolute atomic E-state index is 14.5. The first-order valence-electron chi connectivity index (χ1n) is 13.6. The zero-order valence-corrected chi connectivity index (χ0v) is 25.6. The first-order valence-corrected chi connectivity index (χ1v) is 16.0. The lowest BCUT2D eigenvalue weighted by Crippen LogP contribution is -2.47.